The zero-order valence-electron chi connectivity index (χ0n) is 30.0. The molecule has 0 unspecified atom stereocenters. The molecule has 1 aliphatic rings. The van der Waals surface area contributed by atoms with Crippen molar-refractivity contribution < 1.29 is 9.16 Å². The zero-order chi connectivity index (χ0) is 35.7. The van der Waals surface area contributed by atoms with Gasteiger partial charge in [0.1, 0.15) is 35.1 Å². The highest BCUT2D eigenvalue weighted by Crippen LogP contribution is 2.42. The first-order chi connectivity index (χ1) is 23.5. The second kappa shape index (κ2) is 15.9. The van der Waals surface area contributed by atoms with Gasteiger partial charge >= 0.3 is 8.32 Å². The summed E-state index contributed by atoms with van der Waals surface area (Å²) in [7, 11) is -3.00. The molecule has 0 spiro atoms. The molecule has 0 atom stereocenters. The number of rotatable bonds is 13. The van der Waals surface area contributed by atoms with Gasteiger partial charge in [0.05, 0.1) is 0 Å². The SMILES string of the molecule is CCCCN(CCCC)c1ccc(C=CC2=C(C#N)C(=C(C#N)C#N)OC2(C)C)c(O[Si](c2ccccc2)(c2ccccc2)C(C)(C)C)c1. The summed E-state index contributed by atoms with van der Waals surface area (Å²) in [5.41, 5.74) is 1.63. The van der Waals surface area contributed by atoms with E-state index in [-0.39, 0.29) is 21.9 Å². The first kappa shape index (κ1) is 36.8. The van der Waals surface area contributed by atoms with Crippen LogP contribution in [0.25, 0.3) is 6.08 Å². The Hall–Kier alpha value is -5.03. The Bertz CT molecular complexity index is 1770. The van der Waals surface area contributed by atoms with Crippen LogP contribution < -0.4 is 19.7 Å². The zero-order valence-corrected chi connectivity index (χ0v) is 31.0. The summed E-state index contributed by atoms with van der Waals surface area (Å²) in [6.07, 6.45) is 8.26. The van der Waals surface area contributed by atoms with Gasteiger partial charge in [-0.25, -0.2) is 0 Å². The summed E-state index contributed by atoms with van der Waals surface area (Å²) in [6.45, 7) is 16.9. The highest BCUT2D eigenvalue weighted by molar-refractivity contribution is 7.00. The Kier molecular flexibility index (Phi) is 11.9. The molecule has 1 aliphatic heterocycles. The molecule has 252 valence electrons. The van der Waals surface area contributed by atoms with Crippen LogP contribution in [0, 0.1) is 34.0 Å². The van der Waals surface area contributed by atoms with Crippen molar-refractivity contribution >= 4 is 30.5 Å². The third-order valence-corrected chi connectivity index (χ3v) is 14.0. The molecular weight excluding hydrogens is 621 g/mol. The number of allylic oxidation sites excluding steroid dienone is 2. The third-order valence-electron chi connectivity index (χ3n) is 9.10. The van der Waals surface area contributed by atoms with Crippen LogP contribution in [0.1, 0.15) is 79.7 Å². The molecule has 0 aromatic heterocycles. The summed E-state index contributed by atoms with van der Waals surface area (Å²) in [6, 6.07) is 33.6. The van der Waals surface area contributed by atoms with Crippen molar-refractivity contribution in [3.63, 3.8) is 0 Å². The number of unbranched alkanes of at least 4 members (excludes halogenated alkanes) is 2. The van der Waals surface area contributed by atoms with Crippen LogP contribution in [-0.2, 0) is 4.74 Å². The van der Waals surface area contributed by atoms with Crippen molar-refractivity contribution in [3.8, 4) is 24.0 Å². The predicted molar refractivity (Wildman–Crippen MR) is 202 cm³/mol. The Morgan fingerprint density at radius 1 is 0.837 bits per heavy atom. The molecule has 0 N–H and O–H groups in total. The van der Waals surface area contributed by atoms with E-state index in [1.807, 2.05) is 50.3 Å². The van der Waals surface area contributed by atoms with Gasteiger partial charge in [-0.1, -0.05) is 120 Å². The summed E-state index contributed by atoms with van der Waals surface area (Å²) in [5.74, 6) is 0.793. The average Bonchev–Trinajstić information content (AvgIpc) is 3.35. The lowest BCUT2D eigenvalue weighted by atomic mass is 9.94. The minimum atomic E-state index is -3.00. The highest BCUT2D eigenvalue weighted by atomic mass is 28.4. The molecule has 0 saturated heterocycles. The fraction of sp³-hybridized carbons (Fsp3) is 0.357. The Balaban J connectivity index is 1.99. The van der Waals surface area contributed by atoms with E-state index in [9.17, 15) is 15.8 Å². The summed E-state index contributed by atoms with van der Waals surface area (Å²) < 4.78 is 13.7. The molecule has 49 heavy (non-hydrogen) atoms. The molecule has 3 aromatic carbocycles. The van der Waals surface area contributed by atoms with Gasteiger partial charge in [-0.2, -0.15) is 15.8 Å². The molecule has 0 radical (unpaired) electrons. The number of hydrogen-bond acceptors (Lipinski definition) is 6. The van der Waals surface area contributed by atoms with E-state index < -0.39 is 13.9 Å². The Labute approximate surface area is 294 Å². The van der Waals surface area contributed by atoms with Crippen LogP contribution in [0.2, 0.25) is 5.04 Å². The van der Waals surface area contributed by atoms with E-state index >= 15 is 0 Å². The minimum absolute atomic E-state index is 0.0266. The topological polar surface area (TPSA) is 93.1 Å². The molecule has 7 heteroatoms. The first-order valence-electron chi connectivity index (χ1n) is 17.2. The number of hydrogen-bond donors (Lipinski definition) is 0. The maximum Gasteiger partial charge on any atom is 0.319 e. The van der Waals surface area contributed by atoms with Gasteiger partial charge in [0, 0.05) is 36.0 Å². The van der Waals surface area contributed by atoms with E-state index in [4.69, 9.17) is 9.16 Å². The number of nitrogens with zero attached hydrogens (tertiary/aromatic N) is 4. The number of anilines is 1. The van der Waals surface area contributed by atoms with Crippen LogP contribution in [-0.4, -0.2) is 27.0 Å². The lowest BCUT2D eigenvalue weighted by Gasteiger charge is -2.43. The minimum Gasteiger partial charge on any atom is -0.534 e. The Morgan fingerprint density at radius 2 is 1.39 bits per heavy atom. The van der Waals surface area contributed by atoms with Gasteiger partial charge in [-0.15, -0.1) is 0 Å². The van der Waals surface area contributed by atoms with Gasteiger partial charge in [-0.3, -0.25) is 0 Å². The third kappa shape index (κ3) is 7.83. The molecule has 0 aliphatic carbocycles. The van der Waals surface area contributed by atoms with Gasteiger partial charge in [0.25, 0.3) is 0 Å². The number of benzene rings is 3. The van der Waals surface area contributed by atoms with E-state index in [1.54, 1.807) is 0 Å². The summed E-state index contributed by atoms with van der Waals surface area (Å²) in [4.78, 5) is 2.46. The largest absolute Gasteiger partial charge is 0.534 e. The van der Waals surface area contributed by atoms with Crippen LogP contribution in [0.15, 0.2) is 107 Å². The summed E-state index contributed by atoms with van der Waals surface area (Å²) in [5, 5.41) is 31.4. The molecule has 0 fully saturated rings. The molecule has 4 rings (SSSR count). The summed E-state index contributed by atoms with van der Waals surface area (Å²) >= 11 is 0. The quantitative estimate of drug-likeness (QED) is 0.133. The smallest absolute Gasteiger partial charge is 0.319 e. The second-order valence-corrected chi connectivity index (χ2v) is 18.2. The van der Waals surface area contributed by atoms with Crippen molar-refractivity contribution in [2.24, 2.45) is 0 Å². The molecule has 0 bridgehead atoms. The van der Waals surface area contributed by atoms with Crippen LogP contribution in [0.4, 0.5) is 5.69 Å². The standard InChI is InChI=1S/C42H48N4O2Si/c1-8-10-26-46(27-11-9-2)34-24-22-32(23-25-38-37(31-45)40(33(29-43)30-44)47-42(38,6)7)39(28-34)48-49(41(3,4)5,35-18-14-12-15-19-35)36-20-16-13-17-21-36/h12-25,28H,8-11,26-27H2,1-7H3. The van der Waals surface area contributed by atoms with E-state index in [0.717, 1.165) is 55.8 Å². The molecular formula is C42H48N4O2Si. The van der Waals surface area contributed by atoms with Crippen LogP contribution in [0.3, 0.4) is 0 Å². The number of nitriles is 3. The van der Waals surface area contributed by atoms with Gasteiger partial charge in [-0.05, 0) is 54.2 Å². The molecule has 6 nitrogen and oxygen atoms in total. The van der Waals surface area contributed by atoms with Crippen molar-refractivity contribution in [1.29, 1.82) is 15.8 Å². The molecule has 0 amide bonds. The first-order valence-corrected chi connectivity index (χ1v) is 19.1. The van der Waals surface area contributed by atoms with Gasteiger partial charge in [0.15, 0.2) is 11.3 Å². The maximum absolute atomic E-state index is 10.2. The lowest BCUT2D eigenvalue weighted by Crippen LogP contribution is -2.68. The van der Waals surface area contributed by atoms with E-state index in [2.05, 4.69) is 112 Å². The van der Waals surface area contributed by atoms with E-state index in [1.165, 1.54) is 10.4 Å². The van der Waals surface area contributed by atoms with Crippen LogP contribution >= 0.6 is 0 Å². The van der Waals surface area contributed by atoms with Crippen molar-refractivity contribution in [1.82, 2.24) is 0 Å². The highest BCUT2D eigenvalue weighted by Gasteiger charge is 2.52. The second-order valence-electron chi connectivity index (χ2n) is 14.0. The maximum atomic E-state index is 10.2. The monoisotopic (exact) mass is 668 g/mol. The van der Waals surface area contributed by atoms with Crippen molar-refractivity contribution in [2.75, 3.05) is 18.0 Å². The molecule has 0 saturated carbocycles. The normalized spacial score (nSPS) is 14.2. The van der Waals surface area contributed by atoms with Crippen LogP contribution in [0.5, 0.6) is 5.75 Å². The molecule has 3 aromatic rings. The predicted octanol–water partition coefficient (Wildman–Crippen LogP) is 8.98. The lowest BCUT2D eigenvalue weighted by molar-refractivity contribution is 0.0954. The molecule has 1 heterocycles. The van der Waals surface area contributed by atoms with Crippen molar-refractivity contribution in [2.45, 2.75) is 84.8 Å². The van der Waals surface area contributed by atoms with Crippen molar-refractivity contribution in [3.05, 3.63) is 113 Å². The van der Waals surface area contributed by atoms with Gasteiger partial charge in [0.2, 0.25) is 0 Å². The average molecular weight is 669 g/mol. The number of ether oxygens (including phenoxy) is 1. The Morgan fingerprint density at radius 3 is 1.86 bits per heavy atom. The fourth-order valence-corrected chi connectivity index (χ4v) is 10.9. The van der Waals surface area contributed by atoms with Gasteiger partial charge < -0.3 is 14.1 Å². The fourth-order valence-electron chi connectivity index (χ4n) is 6.48. The van der Waals surface area contributed by atoms with E-state index in [0.29, 0.717) is 5.57 Å².